The van der Waals surface area contributed by atoms with Crippen LogP contribution in [0.4, 0.5) is 5.13 Å². The van der Waals surface area contributed by atoms with E-state index in [-0.39, 0.29) is 5.91 Å². The van der Waals surface area contributed by atoms with Crippen LogP contribution in [0.1, 0.15) is 16.1 Å². The van der Waals surface area contributed by atoms with Gasteiger partial charge in [0.15, 0.2) is 5.13 Å². The molecule has 0 radical (unpaired) electrons. The lowest BCUT2D eigenvalue weighted by molar-refractivity contribution is 0.101. The van der Waals surface area contributed by atoms with E-state index >= 15 is 0 Å². The van der Waals surface area contributed by atoms with Gasteiger partial charge in [0, 0.05) is 18.0 Å². The summed E-state index contributed by atoms with van der Waals surface area (Å²) in [5.41, 5.74) is 5.58. The van der Waals surface area contributed by atoms with E-state index in [1.807, 2.05) is 42.6 Å². The number of anilines is 1. The number of hydrogen-bond donors (Lipinski definition) is 1. The van der Waals surface area contributed by atoms with Gasteiger partial charge in [-0.2, -0.15) is 5.10 Å². The fourth-order valence-corrected chi connectivity index (χ4v) is 3.67. The van der Waals surface area contributed by atoms with Crippen molar-refractivity contribution in [3.63, 3.8) is 0 Å². The molecule has 4 rings (SSSR count). The van der Waals surface area contributed by atoms with Gasteiger partial charge < -0.3 is 0 Å². The van der Waals surface area contributed by atoms with E-state index in [0.717, 1.165) is 22.4 Å². The molecule has 27 heavy (non-hydrogen) atoms. The van der Waals surface area contributed by atoms with E-state index in [2.05, 4.69) is 39.7 Å². The van der Waals surface area contributed by atoms with Gasteiger partial charge >= 0.3 is 0 Å². The summed E-state index contributed by atoms with van der Waals surface area (Å²) in [6.07, 6.45) is 1.68. The van der Waals surface area contributed by atoms with Gasteiger partial charge in [-0.3, -0.25) is 14.8 Å². The highest BCUT2D eigenvalue weighted by Crippen LogP contribution is 2.28. The Hall–Kier alpha value is -3.25. The molecule has 0 aliphatic carbocycles. The van der Waals surface area contributed by atoms with Crippen LogP contribution in [0.25, 0.3) is 22.4 Å². The predicted molar refractivity (Wildman–Crippen MR) is 109 cm³/mol. The van der Waals surface area contributed by atoms with E-state index in [1.54, 1.807) is 17.9 Å². The maximum absolute atomic E-state index is 12.5. The van der Waals surface area contributed by atoms with Gasteiger partial charge in [-0.15, -0.1) is 11.3 Å². The minimum atomic E-state index is -0.201. The van der Waals surface area contributed by atoms with Crippen LogP contribution in [0.5, 0.6) is 0 Å². The highest BCUT2D eigenvalue weighted by Gasteiger charge is 2.16. The first-order valence-electron chi connectivity index (χ1n) is 8.53. The van der Waals surface area contributed by atoms with Gasteiger partial charge in [0.05, 0.1) is 11.9 Å². The molecule has 4 aromatic rings. The fourth-order valence-electron chi connectivity index (χ4n) is 2.96. The first kappa shape index (κ1) is 17.2. The maximum atomic E-state index is 12.5. The number of amides is 1. The Bertz CT molecular complexity index is 1060. The SMILES string of the molecule is Cc1cnn(C)c1C(=O)Nc1nc(-c2ccc(-c3ccccc3)cc2)cs1. The van der Waals surface area contributed by atoms with Gasteiger partial charge in [0.1, 0.15) is 5.69 Å². The van der Waals surface area contributed by atoms with Gasteiger partial charge in [-0.25, -0.2) is 4.98 Å². The van der Waals surface area contributed by atoms with Crippen LogP contribution >= 0.6 is 11.3 Å². The van der Waals surface area contributed by atoms with Gasteiger partial charge in [-0.05, 0) is 23.6 Å². The Morgan fingerprint density at radius 3 is 2.33 bits per heavy atom. The number of aryl methyl sites for hydroxylation is 2. The average molecular weight is 374 g/mol. The van der Waals surface area contributed by atoms with Gasteiger partial charge in [0.2, 0.25) is 0 Å². The molecule has 0 saturated carbocycles. The summed E-state index contributed by atoms with van der Waals surface area (Å²) in [5.74, 6) is -0.201. The Morgan fingerprint density at radius 1 is 1.00 bits per heavy atom. The zero-order valence-electron chi connectivity index (χ0n) is 15.0. The van der Waals surface area contributed by atoms with Crippen LogP contribution in [0.15, 0.2) is 66.2 Å². The number of nitrogens with zero attached hydrogens (tertiary/aromatic N) is 3. The monoisotopic (exact) mass is 374 g/mol. The first-order valence-corrected chi connectivity index (χ1v) is 9.41. The van der Waals surface area contributed by atoms with E-state index in [1.165, 1.54) is 16.9 Å². The predicted octanol–water partition coefficient (Wildman–Crippen LogP) is 4.77. The quantitative estimate of drug-likeness (QED) is 0.560. The average Bonchev–Trinajstić information content (AvgIpc) is 3.29. The third kappa shape index (κ3) is 3.52. The number of benzene rings is 2. The lowest BCUT2D eigenvalue weighted by atomic mass is 10.0. The maximum Gasteiger partial charge on any atom is 0.275 e. The summed E-state index contributed by atoms with van der Waals surface area (Å²) < 4.78 is 1.57. The molecule has 0 saturated heterocycles. The van der Waals surface area contributed by atoms with Crippen molar-refractivity contribution in [1.82, 2.24) is 14.8 Å². The lowest BCUT2D eigenvalue weighted by Gasteiger charge is -2.04. The van der Waals surface area contributed by atoms with Crippen molar-refractivity contribution in [3.8, 4) is 22.4 Å². The standard InChI is InChI=1S/C21H18N4OS/c1-14-12-22-25(2)19(14)20(26)24-21-23-18(13-27-21)17-10-8-16(9-11-17)15-6-4-3-5-7-15/h3-13H,1-2H3,(H,23,24,26). The van der Waals surface area contributed by atoms with E-state index < -0.39 is 0 Å². The highest BCUT2D eigenvalue weighted by atomic mass is 32.1. The molecule has 0 spiro atoms. The molecule has 2 aromatic heterocycles. The molecule has 2 heterocycles. The molecular weight excluding hydrogens is 356 g/mol. The molecule has 1 N–H and O–H groups in total. The Balaban J connectivity index is 1.52. The fraction of sp³-hybridized carbons (Fsp3) is 0.0952. The molecule has 0 unspecified atom stereocenters. The van der Waals surface area contributed by atoms with Gasteiger partial charge in [-0.1, -0.05) is 54.6 Å². The number of carbonyl (C=O) groups excluding carboxylic acids is 1. The Labute approximate surface area is 161 Å². The van der Waals surface area contributed by atoms with Crippen molar-refractivity contribution < 1.29 is 4.79 Å². The van der Waals surface area contributed by atoms with Crippen molar-refractivity contribution in [2.45, 2.75) is 6.92 Å². The molecule has 0 atom stereocenters. The van der Waals surface area contributed by atoms with Crippen LogP contribution in [0.2, 0.25) is 0 Å². The molecule has 134 valence electrons. The Morgan fingerprint density at radius 2 is 1.67 bits per heavy atom. The van der Waals surface area contributed by atoms with Crippen LogP contribution in [-0.4, -0.2) is 20.7 Å². The van der Waals surface area contributed by atoms with Crippen molar-refractivity contribution >= 4 is 22.4 Å². The molecular formula is C21H18N4OS. The van der Waals surface area contributed by atoms with Crippen LogP contribution < -0.4 is 5.32 Å². The molecule has 1 amide bonds. The van der Waals surface area contributed by atoms with Crippen molar-refractivity contribution in [2.75, 3.05) is 5.32 Å². The summed E-state index contributed by atoms with van der Waals surface area (Å²) in [6.45, 7) is 1.86. The number of nitrogens with one attached hydrogen (secondary N) is 1. The normalized spacial score (nSPS) is 10.7. The summed E-state index contributed by atoms with van der Waals surface area (Å²) in [6, 6.07) is 18.5. The second-order valence-corrected chi connectivity index (χ2v) is 7.09. The molecule has 0 aliphatic rings. The largest absolute Gasteiger partial charge is 0.296 e. The molecule has 5 nitrogen and oxygen atoms in total. The number of hydrogen-bond acceptors (Lipinski definition) is 4. The van der Waals surface area contributed by atoms with E-state index in [0.29, 0.717) is 10.8 Å². The van der Waals surface area contributed by atoms with Crippen molar-refractivity contribution in [1.29, 1.82) is 0 Å². The molecule has 6 heteroatoms. The van der Waals surface area contributed by atoms with Crippen LogP contribution in [-0.2, 0) is 7.05 Å². The number of carbonyl (C=O) groups is 1. The summed E-state index contributed by atoms with van der Waals surface area (Å²) in [7, 11) is 1.75. The summed E-state index contributed by atoms with van der Waals surface area (Å²) in [4.78, 5) is 17.0. The minimum absolute atomic E-state index is 0.201. The number of thiazole rings is 1. The topological polar surface area (TPSA) is 59.8 Å². The van der Waals surface area contributed by atoms with Crippen molar-refractivity contribution in [2.24, 2.45) is 7.05 Å². The molecule has 0 aliphatic heterocycles. The summed E-state index contributed by atoms with van der Waals surface area (Å²) in [5, 5.41) is 9.48. The third-order valence-electron chi connectivity index (χ3n) is 4.35. The number of aromatic nitrogens is 3. The third-order valence-corrected chi connectivity index (χ3v) is 5.11. The van der Waals surface area contributed by atoms with E-state index in [4.69, 9.17) is 0 Å². The minimum Gasteiger partial charge on any atom is -0.296 e. The Kier molecular flexibility index (Phi) is 4.56. The number of rotatable bonds is 4. The summed E-state index contributed by atoms with van der Waals surface area (Å²) >= 11 is 1.41. The van der Waals surface area contributed by atoms with Crippen LogP contribution in [0, 0.1) is 6.92 Å². The second-order valence-electron chi connectivity index (χ2n) is 6.24. The van der Waals surface area contributed by atoms with Crippen LogP contribution in [0.3, 0.4) is 0 Å². The van der Waals surface area contributed by atoms with Crippen molar-refractivity contribution in [3.05, 3.63) is 77.4 Å². The lowest BCUT2D eigenvalue weighted by Crippen LogP contribution is -2.17. The first-order chi connectivity index (χ1) is 13.1. The zero-order chi connectivity index (χ0) is 18.8. The smallest absolute Gasteiger partial charge is 0.275 e. The molecule has 2 aromatic carbocycles. The van der Waals surface area contributed by atoms with E-state index in [9.17, 15) is 4.79 Å². The second kappa shape index (κ2) is 7.17. The highest BCUT2D eigenvalue weighted by molar-refractivity contribution is 7.14. The molecule has 0 bridgehead atoms. The molecule has 0 fully saturated rings. The van der Waals surface area contributed by atoms with Gasteiger partial charge in [0.25, 0.3) is 5.91 Å². The zero-order valence-corrected chi connectivity index (χ0v) is 15.8.